The van der Waals surface area contributed by atoms with Gasteiger partial charge in [0.1, 0.15) is 24.4 Å². The quantitative estimate of drug-likeness (QED) is 0.101. The van der Waals surface area contributed by atoms with Crippen molar-refractivity contribution < 1.29 is 46.3 Å². The van der Waals surface area contributed by atoms with E-state index in [1.165, 1.54) is 21.8 Å². The predicted molar refractivity (Wildman–Crippen MR) is 222 cm³/mol. The Bertz CT molecular complexity index is 2330. The van der Waals surface area contributed by atoms with Crippen LogP contribution in [0.4, 0.5) is 11.9 Å². The van der Waals surface area contributed by atoms with Crippen molar-refractivity contribution in [3.63, 3.8) is 0 Å². The number of rotatable bonds is 6. The molecule has 3 aliphatic rings. The Morgan fingerprint density at radius 3 is 1.40 bits per heavy atom. The monoisotopic (exact) mass is 916 g/mol. The average Bonchev–Trinajstić information content (AvgIpc) is 3.86. The minimum atomic E-state index is -4.85. The van der Waals surface area contributed by atoms with Crippen molar-refractivity contribution in [1.82, 2.24) is 49.2 Å². The van der Waals surface area contributed by atoms with Crippen LogP contribution in [0, 0.1) is 0 Å². The SMILES string of the molecule is CC(C)(C)[Si](C)(C)OC1[C@H](n2cnc3c(=O)[nH]c(N)nc32)O[C@@H]2COP(=O)(O)N[C@H]3C(O[Si](C)(C)C(C)(C)C)[C@H](n4cnc5c(=O)[nH]c(N)nc54)O[C@@H]3COP(=O)(O)N[C@@H]12. The van der Waals surface area contributed by atoms with Crippen molar-refractivity contribution in [3.8, 4) is 0 Å². The topological polar surface area (TPSA) is 333 Å². The van der Waals surface area contributed by atoms with E-state index in [0.29, 0.717) is 0 Å². The fourth-order valence-electron chi connectivity index (χ4n) is 6.86. The molecule has 10 atom stereocenters. The van der Waals surface area contributed by atoms with Crippen LogP contribution in [0.15, 0.2) is 22.2 Å². The van der Waals surface area contributed by atoms with Gasteiger partial charge in [0.2, 0.25) is 11.9 Å². The molecule has 7 rings (SSSR count). The van der Waals surface area contributed by atoms with E-state index in [9.17, 15) is 28.5 Å². The summed E-state index contributed by atoms with van der Waals surface area (Å²) in [6.45, 7) is 18.7. The van der Waals surface area contributed by atoms with Crippen molar-refractivity contribution in [3.05, 3.63) is 33.4 Å². The lowest BCUT2D eigenvalue weighted by atomic mass is 10.1. The normalized spacial score (nSPS) is 32.5. The van der Waals surface area contributed by atoms with Gasteiger partial charge < -0.3 is 39.6 Å². The molecule has 0 aliphatic carbocycles. The van der Waals surface area contributed by atoms with Crippen LogP contribution < -0.4 is 32.8 Å². The molecule has 0 aromatic carbocycles. The molecule has 4 aromatic heterocycles. The van der Waals surface area contributed by atoms with Crippen LogP contribution in [0.1, 0.15) is 54.0 Å². The van der Waals surface area contributed by atoms with Gasteiger partial charge in [0, 0.05) is 0 Å². The number of imidazole rings is 2. The van der Waals surface area contributed by atoms with Gasteiger partial charge in [-0.25, -0.2) is 29.3 Å². The van der Waals surface area contributed by atoms with E-state index < -0.39 is 105 Å². The average molecular weight is 917 g/mol. The summed E-state index contributed by atoms with van der Waals surface area (Å²) in [6, 6.07) is -2.46. The first kappa shape index (κ1) is 44.8. The Morgan fingerprint density at radius 1 is 0.717 bits per heavy atom. The number of ether oxygens (including phenoxy) is 2. The molecule has 4 aromatic rings. The standard InChI is InChI=1S/C32H54N12O12P2Si2/c1-31(2,3)59(7,8)55-21-17-15(53-27(21)43-13-35-19-23(43)37-29(33)39-25(19)45)11-51-58(49,50)42-18-16(12-52-57(47,48)41-17)54-28(22(18)56-60(9,10)32(4,5)6)44-14-36-20-24(44)38-30(34)40-26(20)46/h13-18,21-22,27-28H,11-12H2,1-10H3,(H2,41,47,48)(H2,42,49,50)(H3,33,37,39,45)(H3,34,38,40,46)/t15-,16-,17-,18-,21?,22?,27-,28-/m1/s1. The Balaban J connectivity index is 1.29. The van der Waals surface area contributed by atoms with Gasteiger partial charge in [0.25, 0.3) is 11.1 Å². The molecule has 0 spiro atoms. The zero-order valence-electron chi connectivity index (χ0n) is 34.9. The maximum atomic E-state index is 14.2. The van der Waals surface area contributed by atoms with Crippen LogP contribution in [-0.4, -0.2) is 115 Å². The second kappa shape index (κ2) is 15.3. The number of anilines is 2. The number of H-pyrrole nitrogens is 2. The molecular weight excluding hydrogens is 863 g/mol. The molecule has 0 bridgehead atoms. The Hall–Kier alpha value is -3.21. The maximum Gasteiger partial charge on any atom is 0.403 e. The molecule has 0 radical (unpaired) electrons. The molecule has 10 N–H and O–H groups in total. The molecule has 24 nitrogen and oxygen atoms in total. The van der Waals surface area contributed by atoms with E-state index in [4.69, 9.17) is 38.8 Å². The summed E-state index contributed by atoms with van der Waals surface area (Å²) >= 11 is 0. The summed E-state index contributed by atoms with van der Waals surface area (Å²) in [6.07, 6.45) is -4.46. The minimum absolute atomic E-state index is 0.0432. The fourth-order valence-corrected chi connectivity index (χ4v) is 11.7. The molecule has 4 unspecified atom stereocenters. The molecule has 60 heavy (non-hydrogen) atoms. The van der Waals surface area contributed by atoms with Crippen LogP contribution in [0.3, 0.4) is 0 Å². The zero-order chi connectivity index (χ0) is 44.1. The van der Waals surface area contributed by atoms with Gasteiger partial charge in [-0.2, -0.15) is 9.97 Å². The molecule has 7 heterocycles. The summed E-state index contributed by atoms with van der Waals surface area (Å²) < 4.78 is 69.6. The van der Waals surface area contributed by atoms with E-state index in [1.807, 2.05) is 67.7 Å². The highest BCUT2D eigenvalue weighted by atomic mass is 31.2. The molecule has 28 heteroatoms. The van der Waals surface area contributed by atoms with Crippen LogP contribution in [0.5, 0.6) is 0 Å². The summed E-state index contributed by atoms with van der Waals surface area (Å²) in [5.41, 5.74) is 10.6. The lowest BCUT2D eigenvalue weighted by Gasteiger charge is -2.41. The summed E-state index contributed by atoms with van der Waals surface area (Å²) in [4.78, 5) is 70.5. The number of nitrogens with one attached hydrogen (secondary N) is 4. The van der Waals surface area contributed by atoms with Gasteiger partial charge in [-0.1, -0.05) is 41.5 Å². The highest BCUT2D eigenvalue weighted by Gasteiger charge is 2.57. The van der Waals surface area contributed by atoms with Crippen LogP contribution in [0.2, 0.25) is 36.3 Å². The lowest BCUT2D eigenvalue weighted by molar-refractivity contribution is -0.0461. The number of fused-ring (bicyclic) bond motifs is 4. The summed E-state index contributed by atoms with van der Waals surface area (Å²) in [5.74, 6) is -0.382. The van der Waals surface area contributed by atoms with Gasteiger partial charge in [0.05, 0.1) is 38.0 Å². The Kier molecular flexibility index (Phi) is 11.4. The Labute approximate surface area is 345 Å². The van der Waals surface area contributed by atoms with Crippen LogP contribution in [0.25, 0.3) is 22.3 Å². The van der Waals surface area contributed by atoms with E-state index in [2.05, 4.69) is 40.1 Å². The molecule has 0 saturated carbocycles. The molecule has 332 valence electrons. The second-order valence-corrected chi connectivity index (χ2v) is 30.9. The molecule has 3 fully saturated rings. The number of hydrogen-bond acceptors (Lipinski definition) is 16. The number of nitrogen functional groups attached to an aromatic ring is 2. The van der Waals surface area contributed by atoms with Crippen molar-refractivity contribution >= 4 is 66.4 Å². The van der Waals surface area contributed by atoms with E-state index >= 15 is 0 Å². The van der Waals surface area contributed by atoms with Crippen molar-refractivity contribution in [1.29, 1.82) is 0 Å². The van der Waals surface area contributed by atoms with Gasteiger partial charge >= 0.3 is 15.5 Å². The number of aromatic nitrogens is 8. The third kappa shape index (κ3) is 8.47. The van der Waals surface area contributed by atoms with E-state index in [-0.39, 0.29) is 44.3 Å². The summed E-state index contributed by atoms with van der Waals surface area (Å²) in [5, 5.41) is 4.65. The molecule has 0 amide bonds. The predicted octanol–water partition coefficient (Wildman–Crippen LogP) is 2.16. The first-order valence-electron chi connectivity index (χ1n) is 19.2. The van der Waals surface area contributed by atoms with Gasteiger partial charge in [-0.05, 0) is 36.3 Å². The number of aromatic amines is 2. The smallest absolute Gasteiger partial charge is 0.403 e. The molecule has 3 saturated heterocycles. The van der Waals surface area contributed by atoms with Gasteiger partial charge in [-0.3, -0.25) is 37.7 Å². The number of nitrogens with zero attached hydrogens (tertiary/aromatic N) is 6. The largest absolute Gasteiger partial charge is 0.408 e. The van der Waals surface area contributed by atoms with Gasteiger partial charge in [-0.15, -0.1) is 0 Å². The van der Waals surface area contributed by atoms with Crippen molar-refractivity contribution in [2.45, 2.75) is 127 Å². The summed E-state index contributed by atoms with van der Waals surface area (Å²) in [7, 11) is -15.2. The number of hydrogen-bond donors (Lipinski definition) is 8. The van der Waals surface area contributed by atoms with Crippen molar-refractivity contribution in [2.24, 2.45) is 0 Å². The molecular formula is C32H54N12O12P2Si2. The van der Waals surface area contributed by atoms with Crippen LogP contribution in [-0.2, 0) is 36.5 Å². The second-order valence-electron chi connectivity index (χ2n) is 18.3. The first-order chi connectivity index (χ1) is 27.6. The van der Waals surface area contributed by atoms with Gasteiger partial charge in [0.15, 0.2) is 51.4 Å². The minimum Gasteiger partial charge on any atom is -0.408 e. The Morgan fingerprint density at radius 2 is 1.07 bits per heavy atom. The first-order valence-corrected chi connectivity index (χ1v) is 28.2. The molecule has 3 aliphatic heterocycles. The van der Waals surface area contributed by atoms with Crippen molar-refractivity contribution in [2.75, 3.05) is 24.7 Å². The lowest BCUT2D eigenvalue weighted by Crippen LogP contribution is -2.54. The van der Waals surface area contributed by atoms with E-state index in [1.54, 1.807) is 0 Å². The third-order valence-electron chi connectivity index (χ3n) is 12.1. The highest BCUT2D eigenvalue weighted by molar-refractivity contribution is 7.50. The van der Waals surface area contributed by atoms with Crippen LogP contribution >= 0.6 is 15.5 Å². The highest BCUT2D eigenvalue weighted by Crippen LogP contribution is 2.51. The number of nitrogens with two attached hydrogens (primary N) is 2. The van der Waals surface area contributed by atoms with E-state index in [0.717, 1.165) is 0 Å². The third-order valence-corrected chi connectivity index (χ3v) is 23.3. The maximum absolute atomic E-state index is 14.2. The zero-order valence-corrected chi connectivity index (χ0v) is 38.7. The fraction of sp³-hybridized carbons (Fsp3) is 0.688.